The summed E-state index contributed by atoms with van der Waals surface area (Å²) in [4.78, 5) is 13.9. The van der Waals surface area contributed by atoms with Crippen LogP contribution in [0.2, 0.25) is 0 Å². The molecular weight excluding hydrogens is 204 g/mol. The molecule has 1 atom stereocenters. The summed E-state index contributed by atoms with van der Waals surface area (Å²) in [5.74, 6) is 0.254. The predicted molar refractivity (Wildman–Crippen MR) is 66.5 cm³/mol. The molecule has 0 rings (SSSR count). The van der Waals surface area contributed by atoms with Crippen LogP contribution in [0.1, 0.15) is 27.7 Å². The number of hydrogen-bond donors (Lipinski definition) is 1. The van der Waals surface area contributed by atoms with Crippen molar-refractivity contribution in [2.75, 3.05) is 39.4 Å². The van der Waals surface area contributed by atoms with Crippen LogP contribution < -0.4 is 5.32 Å². The van der Waals surface area contributed by atoms with Gasteiger partial charge < -0.3 is 15.0 Å². The van der Waals surface area contributed by atoms with Gasteiger partial charge in [-0.1, -0.05) is 13.8 Å². The van der Waals surface area contributed by atoms with Crippen LogP contribution in [0, 0.1) is 5.92 Å². The van der Waals surface area contributed by atoms with E-state index in [4.69, 9.17) is 4.74 Å². The van der Waals surface area contributed by atoms with E-state index in [0.29, 0.717) is 19.8 Å². The Balaban J connectivity index is 3.97. The SMILES string of the molecule is CCNCC(C)C(=O)N(CC)CCOCC. The highest BCUT2D eigenvalue weighted by Crippen LogP contribution is 2.01. The molecule has 0 radical (unpaired) electrons. The van der Waals surface area contributed by atoms with Gasteiger partial charge in [0, 0.05) is 32.2 Å². The lowest BCUT2D eigenvalue weighted by molar-refractivity contribution is -0.135. The molecule has 96 valence electrons. The molecule has 1 unspecified atom stereocenters. The average Bonchev–Trinajstić information content (AvgIpc) is 2.31. The monoisotopic (exact) mass is 230 g/mol. The van der Waals surface area contributed by atoms with Crippen molar-refractivity contribution in [1.29, 1.82) is 0 Å². The van der Waals surface area contributed by atoms with Gasteiger partial charge in [0.1, 0.15) is 0 Å². The van der Waals surface area contributed by atoms with Crippen molar-refractivity contribution in [3.8, 4) is 0 Å². The van der Waals surface area contributed by atoms with Gasteiger partial charge in [-0.3, -0.25) is 4.79 Å². The molecule has 1 amide bonds. The van der Waals surface area contributed by atoms with Crippen LogP contribution in [0.4, 0.5) is 0 Å². The summed E-state index contributed by atoms with van der Waals surface area (Å²) < 4.78 is 5.27. The van der Waals surface area contributed by atoms with E-state index in [9.17, 15) is 4.79 Å². The minimum Gasteiger partial charge on any atom is -0.380 e. The Morgan fingerprint density at radius 2 is 2.06 bits per heavy atom. The summed E-state index contributed by atoms with van der Waals surface area (Å²) in [5, 5.41) is 3.20. The van der Waals surface area contributed by atoms with Gasteiger partial charge >= 0.3 is 0 Å². The molecule has 0 aromatic carbocycles. The molecule has 0 aliphatic heterocycles. The van der Waals surface area contributed by atoms with Crippen molar-refractivity contribution in [2.24, 2.45) is 5.92 Å². The molecule has 0 aromatic heterocycles. The second kappa shape index (κ2) is 9.60. The molecule has 0 aliphatic carbocycles. The Morgan fingerprint density at radius 1 is 1.38 bits per heavy atom. The first kappa shape index (κ1) is 15.4. The van der Waals surface area contributed by atoms with Crippen LogP contribution in [0.5, 0.6) is 0 Å². The van der Waals surface area contributed by atoms with E-state index >= 15 is 0 Å². The zero-order valence-corrected chi connectivity index (χ0v) is 11.1. The standard InChI is InChI=1S/C12H26N2O2/c1-5-13-10-11(4)12(15)14(6-2)8-9-16-7-3/h11,13H,5-10H2,1-4H3. The molecule has 0 spiro atoms. The molecule has 0 heterocycles. The lowest BCUT2D eigenvalue weighted by Crippen LogP contribution is -2.40. The maximum absolute atomic E-state index is 12.0. The summed E-state index contributed by atoms with van der Waals surface area (Å²) in [5.41, 5.74) is 0. The second-order valence-electron chi connectivity index (χ2n) is 3.82. The van der Waals surface area contributed by atoms with Crippen LogP contribution in [-0.2, 0) is 9.53 Å². The molecule has 0 saturated carbocycles. The first-order valence-corrected chi connectivity index (χ1v) is 6.24. The Bertz CT molecular complexity index is 186. The normalized spacial score (nSPS) is 12.5. The molecule has 0 aromatic rings. The third-order valence-corrected chi connectivity index (χ3v) is 2.53. The highest BCUT2D eigenvalue weighted by molar-refractivity contribution is 5.78. The van der Waals surface area contributed by atoms with E-state index in [-0.39, 0.29) is 11.8 Å². The van der Waals surface area contributed by atoms with Crippen LogP contribution >= 0.6 is 0 Å². The van der Waals surface area contributed by atoms with Crippen LogP contribution in [0.25, 0.3) is 0 Å². The van der Waals surface area contributed by atoms with E-state index in [0.717, 1.165) is 19.6 Å². The summed E-state index contributed by atoms with van der Waals surface area (Å²) in [6, 6.07) is 0. The van der Waals surface area contributed by atoms with Crippen LogP contribution in [0.15, 0.2) is 0 Å². The predicted octanol–water partition coefficient (Wildman–Crippen LogP) is 1.12. The summed E-state index contributed by atoms with van der Waals surface area (Å²) >= 11 is 0. The van der Waals surface area contributed by atoms with Crippen molar-refractivity contribution in [3.63, 3.8) is 0 Å². The number of carbonyl (C=O) groups excluding carboxylic acids is 1. The highest BCUT2D eigenvalue weighted by atomic mass is 16.5. The lowest BCUT2D eigenvalue weighted by Gasteiger charge is -2.24. The number of amides is 1. The fourth-order valence-electron chi connectivity index (χ4n) is 1.50. The molecule has 4 heteroatoms. The Morgan fingerprint density at radius 3 is 2.56 bits per heavy atom. The van der Waals surface area contributed by atoms with Crippen molar-refractivity contribution >= 4 is 5.91 Å². The third-order valence-electron chi connectivity index (χ3n) is 2.53. The zero-order chi connectivity index (χ0) is 12.4. The average molecular weight is 230 g/mol. The smallest absolute Gasteiger partial charge is 0.226 e. The number of likely N-dealkylation sites (N-methyl/N-ethyl adjacent to an activating group) is 1. The largest absolute Gasteiger partial charge is 0.380 e. The van der Waals surface area contributed by atoms with Gasteiger partial charge in [0.15, 0.2) is 0 Å². The first-order chi connectivity index (χ1) is 7.67. The molecule has 1 N–H and O–H groups in total. The highest BCUT2D eigenvalue weighted by Gasteiger charge is 2.18. The van der Waals surface area contributed by atoms with Crippen LogP contribution in [-0.4, -0.2) is 50.2 Å². The molecule has 0 bridgehead atoms. The van der Waals surface area contributed by atoms with Gasteiger partial charge in [0.05, 0.1) is 6.61 Å². The van der Waals surface area contributed by atoms with Gasteiger partial charge in [0.2, 0.25) is 5.91 Å². The van der Waals surface area contributed by atoms with E-state index in [1.807, 2.05) is 32.6 Å². The number of nitrogens with one attached hydrogen (secondary N) is 1. The fraction of sp³-hybridized carbons (Fsp3) is 0.917. The van der Waals surface area contributed by atoms with Gasteiger partial charge in [0.25, 0.3) is 0 Å². The minimum atomic E-state index is 0.0431. The number of hydrogen-bond acceptors (Lipinski definition) is 3. The van der Waals surface area contributed by atoms with Crippen molar-refractivity contribution in [3.05, 3.63) is 0 Å². The van der Waals surface area contributed by atoms with E-state index in [1.165, 1.54) is 0 Å². The Labute approximate surface area is 99.3 Å². The van der Waals surface area contributed by atoms with Gasteiger partial charge in [-0.15, -0.1) is 0 Å². The molecule has 0 aliphatic rings. The van der Waals surface area contributed by atoms with E-state index in [1.54, 1.807) is 0 Å². The number of nitrogens with zero attached hydrogens (tertiary/aromatic N) is 1. The molecule has 16 heavy (non-hydrogen) atoms. The minimum absolute atomic E-state index is 0.0431. The number of ether oxygens (including phenoxy) is 1. The maximum Gasteiger partial charge on any atom is 0.226 e. The number of rotatable bonds is 9. The Hall–Kier alpha value is -0.610. The quantitative estimate of drug-likeness (QED) is 0.603. The molecule has 4 nitrogen and oxygen atoms in total. The van der Waals surface area contributed by atoms with Crippen molar-refractivity contribution < 1.29 is 9.53 Å². The summed E-state index contributed by atoms with van der Waals surface area (Å²) in [7, 11) is 0. The van der Waals surface area contributed by atoms with Gasteiger partial charge in [-0.05, 0) is 20.4 Å². The second-order valence-corrected chi connectivity index (χ2v) is 3.82. The molecular formula is C12H26N2O2. The molecule has 0 saturated heterocycles. The number of carbonyl (C=O) groups is 1. The van der Waals surface area contributed by atoms with Gasteiger partial charge in [-0.2, -0.15) is 0 Å². The third kappa shape index (κ3) is 6.08. The summed E-state index contributed by atoms with van der Waals surface area (Å²) in [6.07, 6.45) is 0. The van der Waals surface area contributed by atoms with Crippen molar-refractivity contribution in [2.45, 2.75) is 27.7 Å². The zero-order valence-electron chi connectivity index (χ0n) is 11.1. The Kier molecular flexibility index (Phi) is 9.24. The first-order valence-electron chi connectivity index (χ1n) is 6.24. The summed E-state index contributed by atoms with van der Waals surface area (Å²) in [6.45, 7) is 12.4. The fourth-order valence-corrected chi connectivity index (χ4v) is 1.50. The molecule has 0 fully saturated rings. The topological polar surface area (TPSA) is 41.6 Å². The van der Waals surface area contributed by atoms with E-state index < -0.39 is 0 Å². The van der Waals surface area contributed by atoms with Crippen LogP contribution in [0.3, 0.4) is 0 Å². The van der Waals surface area contributed by atoms with Gasteiger partial charge in [-0.25, -0.2) is 0 Å². The van der Waals surface area contributed by atoms with Crippen molar-refractivity contribution in [1.82, 2.24) is 10.2 Å². The lowest BCUT2D eigenvalue weighted by atomic mass is 10.1. The van der Waals surface area contributed by atoms with E-state index in [2.05, 4.69) is 5.32 Å². The maximum atomic E-state index is 12.0.